The van der Waals surface area contributed by atoms with Gasteiger partial charge in [-0.2, -0.15) is 0 Å². The van der Waals surface area contributed by atoms with Crippen LogP contribution in [0.2, 0.25) is 0 Å². The number of nitrogens with one attached hydrogen (secondary N) is 1. The predicted molar refractivity (Wildman–Crippen MR) is 80.6 cm³/mol. The number of nitrogens with zero attached hydrogens (tertiary/aromatic N) is 1. The van der Waals surface area contributed by atoms with Gasteiger partial charge in [-0.05, 0) is 33.1 Å². The Hall–Kier alpha value is -0.120. The molecule has 0 bridgehead atoms. The molecule has 0 aromatic carbocycles. The van der Waals surface area contributed by atoms with Crippen LogP contribution in [-0.2, 0) is 4.74 Å². The first-order valence-electron chi connectivity index (χ1n) is 8.26. The lowest BCUT2D eigenvalue weighted by Crippen LogP contribution is -2.64. The first-order valence-corrected chi connectivity index (χ1v) is 8.26. The van der Waals surface area contributed by atoms with Gasteiger partial charge in [-0.3, -0.25) is 4.90 Å². The Kier molecular flexibility index (Phi) is 5.67. The summed E-state index contributed by atoms with van der Waals surface area (Å²) in [5, 5.41) is 3.80. The fourth-order valence-electron chi connectivity index (χ4n) is 3.77. The monoisotopic (exact) mass is 268 g/mol. The van der Waals surface area contributed by atoms with Crippen LogP contribution in [-0.4, -0.2) is 48.8 Å². The Morgan fingerprint density at radius 2 is 2.05 bits per heavy atom. The van der Waals surface area contributed by atoms with E-state index < -0.39 is 0 Å². The van der Waals surface area contributed by atoms with Crippen LogP contribution in [0.25, 0.3) is 0 Å². The average Bonchev–Trinajstić information content (AvgIpc) is 2.83. The first-order chi connectivity index (χ1) is 9.16. The van der Waals surface area contributed by atoms with Crippen LogP contribution in [0.4, 0.5) is 0 Å². The molecule has 0 amide bonds. The van der Waals surface area contributed by atoms with E-state index in [1.165, 1.54) is 51.6 Å². The summed E-state index contributed by atoms with van der Waals surface area (Å²) in [5.41, 5.74) is 0.449. The number of piperazine rings is 1. The summed E-state index contributed by atoms with van der Waals surface area (Å²) < 4.78 is 5.78. The highest BCUT2D eigenvalue weighted by molar-refractivity contribution is 5.01. The van der Waals surface area contributed by atoms with Gasteiger partial charge in [0.1, 0.15) is 0 Å². The fraction of sp³-hybridized carbons (Fsp3) is 1.00. The normalized spacial score (nSPS) is 27.5. The number of rotatable bonds is 6. The third kappa shape index (κ3) is 3.93. The molecule has 3 heteroatoms. The zero-order valence-electron chi connectivity index (χ0n) is 13.1. The van der Waals surface area contributed by atoms with Crippen molar-refractivity contribution in [2.45, 2.75) is 77.0 Å². The van der Waals surface area contributed by atoms with E-state index in [2.05, 4.69) is 31.0 Å². The summed E-state index contributed by atoms with van der Waals surface area (Å²) in [6.45, 7) is 11.0. The summed E-state index contributed by atoms with van der Waals surface area (Å²) in [7, 11) is 0. The Bertz CT molecular complexity index is 261. The number of hydrogen-bond donors (Lipinski definition) is 1. The molecule has 1 aliphatic carbocycles. The maximum Gasteiger partial charge on any atom is 0.0597 e. The van der Waals surface area contributed by atoms with Crippen molar-refractivity contribution in [3.8, 4) is 0 Å². The maximum atomic E-state index is 5.78. The number of ether oxygens (including phenoxy) is 1. The van der Waals surface area contributed by atoms with Gasteiger partial charge in [-0.25, -0.2) is 0 Å². The third-order valence-corrected chi connectivity index (χ3v) is 4.82. The molecule has 1 N–H and O–H groups in total. The molecule has 0 aromatic heterocycles. The van der Waals surface area contributed by atoms with Crippen LogP contribution >= 0.6 is 0 Å². The Labute approximate surface area is 119 Å². The van der Waals surface area contributed by atoms with Crippen LogP contribution < -0.4 is 5.32 Å². The summed E-state index contributed by atoms with van der Waals surface area (Å²) in [6, 6.07) is 0.690. The van der Waals surface area contributed by atoms with Crippen molar-refractivity contribution in [1.82, 2.24) is 10.2 Å². The molecule has 0 aromatic rings. The van der Waals surface area contributed by atoms with Gasteiger partial charge in [0.25, 0.3) is 0 Å². The van der Waals surface area contributed by atoms with Crippen molar-refractivity contribution in [2.24, 2.45) is 0 Å². The molecular weight excluding hydrogens is 236 g/mol. The Morgan fingerprint density at radius 1 is 1.32 bits per heavy atom. The second kappa shape index (κ2) is 7.05. The molecular formula is C16H32N2O. The minimum Gasteiger partial charge on any atom is -0.377 e. The highest BCUT2D eigenvalue weighted by Crippen LogP contribution is 2.37. The minimum atomic E-state index is 0.355. The van der Waals surface area contributed by atoms with Gasteiger partial charge >= 0.3 is 0 Å². The van der Waals surface area contributed by atoms with Crippen LogP contribution in [0, 0.1) is 0 Å². The Morgan fingerprint density at radius 3 is 2.68 bits per heavy atom. The largest absolute Gasteiger partial charge is 0.377 e. The van der Waals surface area contributed by atoms with E-state index in [9.17, 15) is 0 Å². The molecule has 112 valence electrons. The van der Waals surface area contributed by atoms with E-state index in [4.69, 9.17) is 4.74 Å². The molecule has 19 heavy (non-hydrogen) atoms. The molecule has 1 atom stereocenters. The lowest BCUT2D eigenvalue weighted by atomic mass is 9.90. The van der Waals surface area contributed by atoms with Crippen molar-refractivity contribution in [3.05, 3.63) is 0 Å². The van der Waals surface area contributed by atoms with Gasteiger partial charge in [-0.15, -0.1) is 0 Å². The summed E-state index contributed by atoms with van der Waals surface area (Å²) in [6.07, 6.45) is 8.50. The molecule has 0 radical (unpaired) electrons. The van der Waals surface area contributed by atoms with Crippen molar-refractivity contribution in [3.63, 3.8) is 0 Å². The summed E-state index contributed by atoms with van der Waals surface area (Å²) in [5.74, 6) is 0. The molecule has 1 unspecified atom stereocenters. The van der Waals surface area contributed by atoms with E-state index in [0.29, 0.717) is 17.7 Å². The quantitative estimate of drug-likeness (QED) is 0.801. The van der Waals surface area contributed by atoms with Crippen molar-refractivity contribution in [2.75, 3.05) is 26.2 Å². The highest BCUT2D eigenvalue weighted by atomic mass is 16.5. The SMILES string of the molecule is CCCC1CN(CCOC(C)C)C2(CCCC2)CN1. The molecule has 3 nitrogen and oxygen atoms in total. The minimum absolute atomic E-state index is 0.355. The Balaban J connectivity index is 1.91. The van der Waals surface area contributed by atoms with Gasteiger partial charge in [0, 0.05) is 31.2 Å². The van der Waals surface area contributed by atoms with Gasteiger partial charge in [-0.1, -0.05) is 26.2 Å². The second-order valence-electron chi connectivity index (χ2n) is 6.66. The van der Waals surface area contributed by atoms with Crippen LogP contribution in [0.1, 0.15) is 59.3 Å². The van der Waals surface area contributed by atoms with E-state index in [1.54, 1.807) is 0 Å². The number of hydrogen-bond acceptors (Lipinski definition) is 3. The third-order valence-electron chi connectivity index (χ3n) is 4.82. The zero-order chi connectivity index (χ0) is 13.7. The lowest BCUT2D eigenvalue weighted by Gasteiger charge is -2.48. The maximum absolute atomic E-state index is 5.78. The first kappa shape index (κ1) is 15.3. The molecule has 1 saturated carbocycles. The van der Waals surface area contributed by atoms with Gasteiger partial charge in [0.2, 0.25) is 0 Å². The van der Waals surface area contributed by atoms with Crippen molar-refractivity contribution < 1.29 is 4.74 Å². The van der Waals surface area contributed by atoms with Crippen molar-refractivity contribution >= 4 is 0 Å². The molecule has 1 spiro atoms. The van der Waals surface area contributed by atoms with Gasteiger partial charge < -0.3 is 10.1 Å². The molecule has 1 saturated heterocycles. The molecule has 2 aliphatic rings. The lowest BCUT2D eigenvalue weighted by molar-refractivity contribution is -0.00200. The van der Waals surface area contributed by atoms with E-state index in [1.807, 2.05) is 0 Å². The standard InChI is InChI=1S/C16H32N2O/c1-4-7-15-12-18(10-11-19-14(2)3)16(13-17-15)8-5-6-9-16/h14-15,17H,4-13H2,1-3H3. The molecule has 2 fully saturated rings. The smallest absolute Gasteiger partial charge is 0.0597 e. The van der Waals surface area contributed by atoms with Crippen molar-refractivity contribution in [1.29, 1.82) is 0 Å². The van der Waals surface area contributed by atoms with Gasteiger partial charge in [0.05, 0.1) is 12.7 Å². The van der Waals surface area contributed by atoms with E-state index in [-0.39, 0.29) is 0 Å². The summed E-state index contributed by atoms with van der Waals surface area (Å²) in [4.78, 5) is 2.75. The van der Waals surface area contributed by atoms with Crippen LogP contribution in [0.5, 0.6) is 0 Å². The van der Waals surface area contributed by atoms with E-state index in [0.717, 1.165) is 13.2 Å². The fourth-order valence-corrected chi connectivity index (χ4v) is 3.77. The highest BCUT2D eigenvalue weighted by Gasteiger charge is 2.42. The average molecular weight is 268 g/mol. The summed E-state index contributed by atoms with van der Waals surface area (Å²) >= 11 is 0. The van der Waals surface area contributed by atoms with Crippen LogP contribution in [0.3, 0.4) is 0 Å². The molecule has 1 aliphatic heterocycles. The molecule has 1 heterocycles. The second-order valence-corrected chi connectivity index (χ2v) is 6.66. The topological polar surface area (TPSA) is 24.5 Å². The van der Waals surface area contributed by atoms with Gasteiger partial charge in [0.15, 0.2) is 0 Å². The van der Waals surface area contributed by atoms with E-state index >= 15 is 0 Å². The predicted octanol–water partition coefficient (Wildman–Crippen LogP) is 2.80. The molecule has 2 rings (SSSR count). The zero-order valence-corrected chi connectivity index (χ0v) is 13.1. The van der Waals surface area contributed by atoms with Crippen LogP contribution in [0.15, 0.2) is 0 Å².